The molecule has 1 aromatic carbocycles. The SMILES string of the molecule is Cc1ccc(S(=O)(=O)N(C)CC(=O)NC[C@@H]2CCCO2)cc1. The molecule has 0 unspecified atom stereocenters. The van der Waals surface area contributed by atoms with E-state index in [2.05, 4.69) is 5.32 Å². The van der Waals surface area contributed by atoms with Crippen LogP contribution in [0.1, 0.15) is 18.4 Å². The summed E-state index contributed by atoms with van der Waals surface area (Å²) < 4.78 is 31.2. The highest BCUT2D eigenvalue weighted by atomic mass is 32.2. The van der Waals surface area contributed by atoms with Crippen molar-refractivity contribution in [2.75, 3.05) is 26.7 Å². The largest absolute Gasteiger partial charge is 0.376 e. The number of aryl methyl sites for hydroxylation is 1. The number of rotatable bonds is 6. The van der Waals surface area contributed by atoms with Crippen LogP contribution in [0.2, 0.25) is 0 Å². The van der Waals surface area contributed by atoms with Crippen molar-refractivity contribution in [1.29, 1.82) is 0 Å². The van der Waals surface area contributed by atoms with E-state index in [1.807, 2.05) is 6.92 Å². The first-order chi connectivity index (χ1) is 10.4. The molecule has 1 aromatic rings. The Labute approximate surface area is 131 Å². The van der Waals surface area contributed by atoms with Crippen LogP contribution >= 0.6 is 0 Å². The second-order valence-electron chi connectivity index (χ2n) is 5.51. The van der Waals surface area contributed by atoms with Gasteiger partial charge in [0.2, 0.25) is 15.9 Å². The van der Waals surface area contributed by atoms with E-state index < -0.39 is 10.0 Å². The molecule has 6 nitrogen and oxygen atoms in total. The molecule has 0 bridgehead atoms. The van der Waals surface area contributed by atoms with Gasteiger partial charge in [-0.2, -0.15) is 4.31 Å². The summed E-state index contributed by atoms with van der Waals surface area (Å²) in [4.78, 5) is 12.1. The fourth-order valence-electron chi connectivity index (χ4n) is 2.27. The third-order valence-electron chi connectivity index (χ3n) is 3.65. The maximum Gasteiger partial charge on any atom is 0.243 e. The van der Waals surface area contributed by atoms with Gasteiger partial charge in [0.15, 0.2) is 0 Å². The highest BCUT2D eigenvalue weighted by Crippen LogP contribution is 2.15. The molecule has 22 heavy (non-hydrogen) atoms. The van der Waals surface area contributed by atoms with Crippen molar-refractivity contribution in [3.63, 3.8) is 0 Å². The van der Waals surface area contributed by atoms with Crippen molar-refractivity contribution in [3.05, 3.63) is 29.8 Å². The lowest BCUT2D eigenvalue weighted by Crippen LogP contribution is -2.40. The molecule has 1 N–H and O–H groups in total. The van der Waals surface area contributed by atoms with E-state index >= 15 is 0 Å². The van der Waals surface area contributed by atoms with Crippen LogP contribution in [0.4, 0.5) is 0 Å². The highest BCUT2D eigenvalue weighted by molar-refractivity contribution is 7.89. The van der Waals surface area contributed by atoms with Gasteiger partial charge in [0.05, 0.1) is 17.5 Å². The van der Waals surface area contributed by atoms with Gasteiger partial charge in [0.25, 0.3) is 0 Å². The number of benzene rings is 1. The number of carbonyl (C=O) groups is 1. The Balaban J connectivity index is 1.90. The monoisotopic (exact) mass is 326 g/mol. The van der Waals surface area contributed by atoms with Crippen molar-refractivity contribution < 1.29 is 17.9 Å². The number of nitrogens with zero attached hydrogens (tertiary/aromatic N) is 1. The number of hydrogen-bond acceptors (Lipinski definition) is 4. The van der Waals surface area contributed by atoms with E-state index in [-0.39, 0.29) is 23.5 Å². The Morgan fingerprint density at radius 1 is 1.36 bits per heavy atom. The molecule has 0 aromatic heterocycles. The van der Waals surface area contributed by atoms with Crippen LogP contribution in [0.5, 0.6) is 0 Å². The molecule has 1 aliphatic rings. The molecular weight excluding hydrogens is 304 g/mol. The Kier molecular flexibility index (Phi) is 5.55. The van der Waals surface area contributed by atoms with Crippen molar-refractivity contribution in [1.82, 2.24) is 9.62 Å². The lowest BCUT2D eigenvalue weighted by atomic mass is 10.2. The summed E-state index contributed by atoms with van der Waals surface area (Å²) in [7, 11) is -2.24. The van der Waals surface area contributed by atoms with E-state index in [0.717, 1.165) is 29.3 Å². The first kappa shape index (κ1) is 16.9. The van der Waals surface area contributed by atoms with Gasteiger partial charge < -0.3 is 10.1 Å². The van der Waals surface area contributed by atoms with Gasteiger partial charge in [0, 0.05) is 20.2 Å². The third kappa shape index (κ3) is 4.28. The predicted molar refractivity (Wildman–Crippen MR) is 83.0 cm³/mol. The molecule has 0 saturated carbocycles. The van der Waals surface area contributed by atoms with E-state index in [4.69, 9.17) is 4.74 Å². The molecule has 0 radical (unpaired) electrons. The molecule has 1 saturated heterocycles. The molecule has 1 fully saturated rings. The van der Waals surface area contributed by atoms with Crippen molar-refractivity contribution in [2.45, 2.75) is 30.8 Å². The van der Waals surface area contributed by atoms with Gasteiger partial charge in [-0.15, -0.1) is 0 Å². The molecule has 122 valence electrons. The first-order valence-electron chi connectivity index (χ1n) is 7.31. The molecule has 0 aliphatic carbocycles. The minimum Gasteiger partial charge on any atom is -0.376 e. The lowest BCUT2D eigenvalue weighted by Gasteiger charge is -2.18. The second-order valence-corrected chi connectivity index (χ2v) is 7.56. The summed E-state index contributed by atoms with van der Waals surface area (Å²) in [5.74, 6) is -0.325. The molecule has 0 spiro atoms. The van der Waals surface area contributed by atoms with Crippen LogP contribution in [0, 0.1) is 6.92 Å². The van der Waals surface area contributed by atoms with Crippen LogP contribution in [-0.2, 0) is 19.6 Å². The minimum atomic E-state index is -3.65. The van der Waals surface area contributed by atoms with Gasteiger partial charge in [0.1, 0.15) is 0 Å². The fourth-order valence-corrected chi connectivity index (χ4v) is 3.39. The summed E-state index contributed by atoms with van der Waals surface area (Å²) in [6.07, 6.45) is 1.97. The van der Waals surface area contributed by atoms with E-state index in [9.17, 15) is 13.2 Å². The Morgan fingerprint density at radius 2 is 2.05 bits per heavy atom. The number of nitrogens with one attached hydrogen (secondary N) is 1. The smallest absolute Gasteiger partial charge is 0.243 e. The Hall–Kier alpha value is -1.44. The summed E-state index contributed by atoms with van der Waals surface area (Å²) in [6, 6.07) is 6.56. The van der Waals surface area contributed by atoms with Crippen molar-refractivity contribution in [2.24, 2.45) is 0 Å². The maximum absolute atomic E-state index is 12.4. The fraction of sp³-hybridized carbons (Fsp3) is 0.533. The van der Waals surface area contributed by atoms with Crippen LogP contribution in [0.25, 0.3) is 0 Å². The zero-order valence-corrected chi connectivity index (χ0v) is 13.7. The van der Waals surface area contributed by atoms with Gasteiger partial charge in [-0.25, -0.2) is 8.42 Å². The quantitative estimate of drug-likeness (QED) is 0.843. The van der Waals surface area contributed by atoms with Gasteiger partial charge in [-0.05, 0) is 31.9 Å². The van der Waals surface area contributed by atoms with Crippen molar-refractivity contribution >= 4 is 15.9 Å². The number of ether oxygens (including phenoxy) is 1. The Bertz CT molecular complexity index is 607. The van der Waals surface area contributed by atoms with Crippen LogP contribution in [-0.4, -0.2) is 51.5 Å². The molecular formula is C15H22N2O4S. The molecule has 7 heteroatoms. The number of sulfonamides is 1. The second kappa shape index (κ2) is 7.21. The molecule has 1 aliphatic heterocycles. The average molecular weight is 326 g/mol. The summed E-state index contributed by atoms with van der Waals surface area (Å²) in [5, 5.41) is 2.72. The van der Waals surface area contributed by atoms with Crippen LogP contribution < -0.4 is 5.32 Å². The van der Waals surface area contributed by atoms with Gasteiger partial charge in [-0.1, -0.05) is 17.7 Å². The Morgan fingerprint density at radius 3 is 2.64 bits per heavy atom. The zero-order chi connectivity index (χ0) is 16.2. The molecule has 1 amide bonds. The highest BCUT2D eigenvalue weighted by Gasteiger charge is 2.23. The van der Waals surface area contributed by atoms with E-state index in [1.54, 1.807) is 24.3 Å². The van der Waals surface area contributed by atoms with Gasteiger partial charge in [-0.3, -0.25) is 4.79 Å². The third-order valence-corrected chi connectivity index (χ3v) is 5.46. The van der Waals surface area contributed by atoms with E-state index in [1.165, 1.54) is 7.05 Å². The van der Waals surface area contributed by atoms with Crippen molar-refractivity contribution in [3.8, 4) is 0 Å². The number of carbonyl (C=O) groups excluding carboxylic acids is 1. The van der Waals surface area contributed by atoms with Gasteiger partial charge >= 0.3 is 0 Å². The summed E-state index contributed by atoms with van der Waals surface area (Å²) >= 11 is 0. The standard InChI is InChI=1S/C15H22N2O4S/c1-12-5-7-14(8-6-12)22(19,20)17(2)11-15(18)16-10-13-4-3-9-21-13/h5-8,13H,3-4,9-11H2,1-2H3,(H,16,18)/t13-/m0/s1. The topological polar surface area (TPSA) is 75.7 Å². The minimum absolute atomic E-state index is 0.0444. The first-order valence-corrected chi connectivity index (χ1v) is 8.75. The summed E-state index contributed by atoms with van der Waals surface area (Å²) in [6.45, 7) is 2.83. The molecule has 1 heterocycles. The average Bonchev–Trinajstić information content (AvgIpc) is 2.99. The van der Waals surface area contributed by atoms with E-state index in [0.29, 0.717) is 6.54 Å². The lowest BCUT2D eigenvalue weighted by molar-refractivity contribution is -0.121. The predicted octanol–water partition coefficient (Wildman–Crippen LogP) is 0.911. The van der Waals surface area contributed by atoms with Crippen LogP contribution in [0.15, 0.2) is 29.2 Å². The maximum atomic E-state index is 12.4. The normalized spacial score (nSPS) is 18.6. The molecule has 2 rings (SSSR count). The number of likely N-dealkylation sites (N-methyl/N-ethyl adjacent to an activating group) is 1. The van der Waals surface area contributed by atoms with Crippen LogP contribution in [0.3, 0.4) is 0 Å². The number of amides is 1. The molecule has 1 atom stereocenters. The number of hydrogen-bond donors (Lipinski definition) is 1. The summed E-state index contributed by atoms with van der Waals surface area (Å²) in [5.41, 5.74) is 0.982. The zero-order valence-electron chi connectivity index (χ0n) is 12.9.